The molecular weight excluding hydrogens is 246 g/mol. The van der Waals surface area contributed by atoms with Gasteiger partial charge in [0.25, 0.3) is 0 Å². The van der Waals surface area contributed by atoms with Gasteiger partial charge in [-0.05, 0) is 19.1 Å². The van der Waals surface area contributed by atoms with E-state index in [2.05, 4.69) is 0 Å². The zero-order valence-corrected chi connectivity index (χ0v) is 10.3. The molecular formula is C11H14ClNO4. The Hall–Kier alpha value is -1.46. The molecule has 5 nitrogen and oxygen atoms in total. The number of hydrogen-bond acceptors (Lipinski definition) is 4. The second kappa shape index (κ2) is 5.75. The molecule has 0 bridgehead atoms. The van der Waals surface area contributed by atoms with Gasteiger partial charge in [0.1, 0.15) is 6.61 Å². The van der Waals surface area contributed by atoms with Gasteiger partial charge >= 0.3 is 5.97 Å². The molecule has 1 aromatic rings. The number of benzene rings is 1. The molecule has 94 valence electrons. The van der Waals surface area contributed by atoms with Crippen molar-refractivity contribution in [1.29, 1.82) is 0 Å². The zero-order chi connectivity index (χ0) is 13.0. The van der Waals surface area contributed by atoms with Crippen molar-refractivity contribution in [3.63, 3.8) is 0 Å². The number of aromatic carboxylic acids is 1. The van der Waals surface area contributed by atoms with Crippen LogP contribution in [0.2, 0.25) is 5.02 Å². The summed E-state index contributed by atoms with van der Waals surface area (Å²) in [6.45, 7) is 2.05. The van der Waals surface area contributed by atoms with Crippen LogP contribution in [0.25, 0.3) is 0 Å². The van der Waals surface area contributed by atoms with Crippen molar-refractivity contribution in [1.82, 2.24) is 0 Å². The van der Waals surface area contributed by atoms with Gasteiger partial charge in [-0.15, -0.1) is 0 Å². The molecule has 1 atom stereocenters. The van der Waals surface area contributed by atoms with E-state index in [4.69, 9.17) is 31.9 Å². The summed E-state index contributed by atoms with van der Waals surface area (Å²) in [5.74, 6) is -0.504. The van der Waals surface area contributed by atoms with E-state index in [0.717, 1.165) is 0 Å². The number of carboxylic acid groups (broad SMARTS) is 1. The van der Waals surface area contributed by atoms with Gasteiger partial charge in [-0.1, -0.05) is 11.6 Å². The minimum Gasteiger partial charge on any atom is -0.493 e. The number of carbonyl (C=O) groups is 1. The molecule has 0 aromatic heterocycles. The Morgan fingerprint density at radius 1 is 1.59 bits per heavy atom. The molecule has 1 rings (SSSR count). The molecule has 1 aromatic carbocycles. The molecule has 0 spiro atoms. The molecule has 0 radical (unpaired) electrons. The van der Waals surface area contributed by atoms with E-state index in [1.807, 2.05) is 0 Å². The largest absolute Gasteiger partial charge is 0.493 e. The molecule has 1 unspecified atom stereocenters. The average molecular weight is 260 g/mol. The highest BCUT2D eigenvalue weighted by molar-refractivity contribution is 6.32. The first-order valence-electron chi connectivity index (χ1n) is 4.95. The Labute approximate surface area is 104 Å². The number of hydrogen-bond donors (Lipinski definition) is 2. The van der Waals surface area contributed by atoms with E-state index in [0.29, 0.717) is 5.75 Å². The molecule has 0 aliphatic carbocycles. The molecule has 0 heterocycles. The lowest BCUT2D eigenvalue weighted by Crippen LogP contribution is -2.23. The molecule has 0 amide bonds. The van der Waals surface area contributed by atoms with E-state index in [-0.39, 0.29) is 29.0 Å². The van der Waals surface area contributed by atoms with E-state index < -0.39 is 5.97 Å². The van der Waals surface area contributed by atoms with E-state index in [9.17, 15) is 4.79 Å². The summed E-state index contributed by atoms with van der Waals surface area (Å²) in [6, 6.07) is 2.50. The topological polar surface area (TPSA) is 81.8 Å². The van der Waals surface area contributed by atoms with Crippen LogP contribution in [0.15, 0.2) is 12.1 Å². The summed E-state index contributed by atoms with van der Waals surface area (Å²) < 4.78 is 10.4. The maximum absolute atomic E-state index is 10.8. The second-order valence-corrected chi connectivity index (χ2v) is 3.99. The highest BCUT2D eigenvalue weighted by Crippen LogP contribution is 2.36. The maximum atomic E-state index is 10.8. The Bertz CT molecular complexity index is 420. The van der Waals surface area contributed by atoms with Crippen LogP contribution in [-0.2, 0) is 0 Å². The zero-order valence-electron chi connectivity index (χ0n) is 9.57. The van der Waals surface area contributed by atoms with Crippen LogP contribution in [-0.4, -0.2) is 30.8 Å². The molecule has 0 aliphatic rings. The number of rotatable bonds is 5. The first-order valence-corrected chi connectivity index (χ1v) is 5.32. The Morgan fingerprint density at radius 2 is 2.24 bits per heavy atom. The molecule has 0 saturated heterocycles. The lowest BCUT2D eigenvalue weighted by Gasteiger charge is -2.14. The molecule has 0 aliphatic heterocycles. The lowest BCUT2D eigenvalue weighted by molar-refractivity contribution is 0.0696. The van der Waals surface area contributed by atoms with Crippen molar-refractivity contribution in [3.8, 4) is 11.5 Å². The van der Waals surface area contributed by atoms with Crippen molar-refractivity contribution < 1.29 is 19.4 Å². The minimum absolute atomic E-state index is 0.0417. The molecule has 0 saturated carbocycles. The first-order chi connectivity index (χ1) is 7.95. The van der Waals surface area contributed by atoms with Crippen LogP contribution >= 0.6 is 11.6 Å². The third-order valence-electron chi connectivity index (χ3n) is 1.97. The fraction of sp³-hybridized carbons (Fsp3) is 0.364. The Balaban J connectivity index is 3.07. The predicted molar refractivity (Wildman–Crippen MR) is 64.1 cm³/mol. The van der Waals surface area contributed by atoms with E-state index in [1.54, 1.807) is 6.92 Å². The second-order valence-electron chi connectivity index (χ2n) is 3.58. The van der Waals surface area contributed by atoms with Gasteiger partial charge in [0, 0.05) is 6.04 Å². The fourth-order valence-corrected chi connectivity index (χ4v) is 1.46. The van der Waals surface area contributed by atoms with Gasteiger partial charge in [0.05, 0.1) is 17.7 Å². The van der Waals surface area contributed by atoms with E-state index >= 15 is 0 Å². The van der Waals surface area contributed by atoms with Gasteiger partial charge < -0.3 is 20.3 Å². The lowest BCUT2D eigenvalue weighted by atomic mass is 10.2. The van der Waals surface area contributed by atoms with Gasteiger partial charge in [-0.3, -0.25) is 0 Å². The van der Waals surface area contributed by atoms with Crippen LogP contribution in [0.4, 0.5) is 0 Å². The summed E-state index contributed by atoms with van der Waals surface area (Å²) in [5, 5.41) is 9.05. The van der Waals surface area contributed by atoms with Gasteiger partial charge in [0.2, 0.25) is 0 Å². The SMILES string of the molecule is COc1cc(C(=O)O)cc(Cl)c1OCC(C)N. The minimum atomic E-state index is -1.08. The highest BCUT2D eigenvalue weighted by atomic mass is 35.5. The fourth-order valence-electron chi connectivity index (χ4n) is 1.20. The summed E-state index contributed by atoms with van der Waals surface area (Å²) in [4.78, 5) is 10.8. The number of nitrogens with two attached hydrogens (primary N) is 1. The van der Waals surface area contributed by atoms with Gasteiger partial charge in [-0.25, -0.2) is 4.79 Å². The van der Waals surface area contributed by atoms with Crippen molar-refractivity contribution >= 4 is 17.6 Å². The van der Waals surface area contributed by atoms with Crippen LogP contribution < -0.4 is 15.2 Å². The average Bonchev–Trinajstić information content (AvgIpc) is 2.25. The number of carboxylic acids is 1. The standard InChI is InChI=1S/C11H14ClNO4/c1-6(13)5-17-10-8(12)3-7(11(14)15)4-9(10)16-2/h3-4,6H,5,13H2,1-2H3,(H,14,15). The van der Waals surface area contributed by atoms with E-state index in [1.165, 1.54) is 19.2 Å². The maximum Gasteiger partial charge on any atom is 0.335 e. The van der Waals surface area contributed by atoms with Crippen molar-refractivity contribution in [2.45, 2.75) is 13.0 Å². The number of ether oxygens (including phenoxy) is 2. The molecule has 17 heavy (non-hydrogen) atoms. The van der Waals surface area contributed by atoms with Gasteiger partial charge in [0.15, 0.2) is 11.5 Å². The quantitative estimate of drug-likeness (QED) is 0.842. The third kappa shape index (κ3) is 3.51. The van der Waals surface area contributed by atoms with Crippen LogP contribution in [0.5, 0.6) is 11.5 Å². The smallest absolute Gasteiger partial charge is 0.335 e. The summed E-state index contributed by atoms with van der Waals surface area (Å²) in [5.41, 5.74) is 5.60. The number of methoxy groups -OCH3 is 1. The molecule has 6 heteroatoms. The summed E-state index contributed by atoms with van der Waals surface area (Å²) >= 11 is 5.93. The normalized spacial score (nSPS) is 12.0. The monoisotopic (exact) mass is 259 g/mol. The van der Waals surface area contributed by atoms with Crippen LogP contribution in [0.1, 0.15) is 17.3 Å². The summed E-state index contributed by atoms with van der Waals surface area (Å²) in [6.07, 6.45) is 0. The Kier molecular flexibility index (Phi) is 4.60. The summed E-state index contributed by atoms with van der Waals surface area (Å²) in [7, 11) is 1.41. The van der Waals surface area contributed by atoms with Crippen molar-refractivity contribution in [2.24, 2.45) is 5.73 Å². The van der Waals surface area contributed by atoms with Gasteiger partial charge in [-0.2, -0.15) is 0 Å². The predicted octanol–water partition coefficient (Wildman–Crippen LogP) is 1.77. The highest BCUT2D eigenvalue weighted by Gasteiger charge is 2.15. The first kappa shape index (κ1) is 13.6. The van der Waals surface area contributed by atoms with Crippen LogP contribution in [0.3, 0.4) is 0 Å². The van der Waals surface area contributed by atoms with Crippen molar-refractivity contribution in [3.05, 3.63) is 22.7 Å². The van der Waals surface area contributed by atoms with Crippen molar-refractivity contribution in [2.75, 3.05) is 13.7 Å². The third-order valence-corrected chi connectivity index (χ3v) is 2.25. The Morgan fingerprint density at radius 3 is 2.71 bits per heavy atom. The number of halogens is 1. The van der Waals surface area contributed by atoms with Crippen LogP contribution in [0, 0.1) is 0 Å². The molecule has 0 fully saturated rings. The molecule has 3 N–H and O–H groups in total.